The molecule has 0 aliphatic carbocycles. The predicted octanol–water partition coefficient (Wildman–Crippen LogP) is 2.07. The molecule has 1 aliphatic rings. The van der Waals surface area contributed by atoms with Gasteiger partial charge in [0, 0.05) is 11.6 Å². The van der Waals surface area contributed by atoms with Crippen molar-refractivity contribution in [2.45, 2.75) is 65.0 Å². The zero-order valence-electron chi connectivity index (χ0n) is 11.1. The van der Waals surface area contributed by atoms with Gasteiger partial charge in [-0.3, -0.25) is 4.79 Å². The third-order valence-corrected chi connectivity index (χ3v) is 4.28. The van der Waals surface area contributed by atoms with Crippen LogP contribution in [0, 0.1) is 5.92 Å². The molecule has 1 saturated heterocycles. The molecule has 1 heterocycles. The summed E-state index contributed by atoms with van der Waals surface area (Å²) in [5.41, 5.74) is 0.0133. The van der Waals surface area contributed by atoms with Gasteiger partial charge in [-0.05, 0) is 39.2 Å². The van der Waals surface area contributed by atoms with E-state index in [0.29, 0.717) is 6.04 Å². The summed E-state index contributed by atoms with van der Waals surface area (Å²) < 4.78 is 0. The minimum atomic E-state index is 0.0133. The fourth-order valence-corrected chi connectivity index (χ4v) is 2.59. The molecule has 0 aromatic rings. The van der Waals surface area contributed by atoms with E-state index >= 15 is 0 Å². The summed E-state index contributed by atoms with van der Waals surface area (Å²) in [4.78, 5) is 12.2. The summed E-state index contributed by atoms with van der Waals surface area (Å²) in [5, 5.41) is 6.60. The van der Waals surface area contributed by atoms with Gasteiger partial charge in [-0.2, -0.15) is 0 Å². The lowest BCUT2D eigenvalue weighted by Crippen LogP contribution is -2.50. The van der Waals surface area contributed by atoms with Crippen molar-refractivity contribution in [3.63, 3.8) is 0 Å². The van der Waals surface area contributed by atoms with Crippen molar-refractivity contribution in [3.05, 3.63) is 0 Å². The fourth-order valence-electron chi connectivity index (χ4n) is 2.59. The van der Waals surface area contributed by atoms with E-state index in [2.05, 4.69) is 38.3 Å². The van der Waals surface area contributed by atoms with Crippen LogP contribution in [0.3, 0.4) is 0 Å². The van der Waals surface area contributed by atoms with E-state index in [9.17, 15) is 4.79 Å². The van der Waals surface area contributed by atoms with Crippen LogP contribution in [0.25, 0.3) is 0 Å². The van der Waals surface area contributed by atoms with E-state index in [4.69, 9.17) is 0 Å². The summed E-state index contributed by atoms with van der Waals surface area (Å²) in [7, 11) is 0. The molecule has 16 heavy (non-hydrogen) atoms. The molecule has 0 aromatic heterocycles. The van der Waals surface area contributed by atoms with Crippen LogP contribution in [-0.4, -0.2) is 24.0 Å². The van der Waals surface area contributed by atoms with Crippen molar-refractivity contribution in [3.8, 4) is 0 Å². The highest BCUT2D eigenvalue weighted by Gasteiger charge is 2.34. The predicted molar refractivity (Wildman–Crippen MR) is 67.3 cm³/mol. The third kappa shape index (κ3) is 2.76. The van der Waals surface area contributed by atoms with Gasteiger partial charge in [-0.25, -0.2) is 0 Å². The maximum Gasteiger partial charge on any atom is 0.225 e. The van der Waals surface area contributed by atoms with E-state index < -0.39 is 0 Å². The minimum absolute atomic E-state index is 0.0133. The van der Waals surface area contributed by atoms with Gasteiger partial charge in [0.15, 0.2) is 0 Å². The molecule has 94 valence electrons. The maximum atomic E-state index is 12.2. The van der Waals surface area contributed by atoms with E-state index in [1.54, 1.807) is 0 Å². The van der Waals surface area contributed by atoms with Crippen molar-refractivity contribution in [2.24, 2.45) is 5.92 Å². The fraction of sp³-hybridized carbons (Fsp3) is 0.923. The number of amides is 1. The molecule has 0 saturated carbocycles. The molecule has 0 radical (unpaired) electrons. The Kier molecular flexibility index (Phi) is 4.78. The van der Waals surface area contributed by atoms with Gasteiger partial charge in [0.25, 0.3) is 0 Å². The Morgan fingerprint density at radius 3 is 2.25 bits per heavy atom. The molecule has 1 fully saturated rings. The topological polar surface area (TPSA) is 41.1 Å². The van der Waals surface area contributed by atoms with Crippen molar-refractivity contribution in [1.29, 1.82) is 0 Å². The first-order valence-corrected chi connectivity index (χ1v) is 6.64. The van der Waals surface area contributed by atoms with Crippen LogP contribution >= 0.6 is 0 Å². The molecule has 2 atom stereocenters. The smallest absolute Gasteiger partial charge is 0.225 e. The van der Waals surface area contributed by atoms with Gasteiger partial charge in [0.2, 0.25) is 5.91 Å². The van der Waals surface area contributed by atoms with Crippen molar-refractivity contribution >= 4 is 5.91 Å². The first-order valence-electron chi connectivity index (χ1n) is 6.64. The first-order chi connectivity index (χ1) is 7.58. The van der Waals surface area contributed by atoms with Crippen LogP contribution in [0.1, 0.15) is 53.4 Å². The zero-order chi connectivity index (χ0) is 12.2. The second-order valence-electron chi connectivity index (χ2n) is 4.97. The first kappa shape index (κ1) is 13.5. The molecule has 2 N–H and O–H groups in total. The standard InChI is InChI=1S/C13H26N2O/c1-5-13(6-2,7-3)15-12(16)11-8-9-14-10(11)4/h10-11,14H,5-9H2,1-4H3,(H,15,16). The van der Waals surface area contributed by atoms with E-state index in [1.165, 1.54) is 0 Å². The highest BCUT2D eigenvalue weighted by molar-refractivity contribution is 5.80. The molecule has 1 aliphatic heterocycles. The highest BCUT2D eigenvalue weighted by Crippen LogP contribution is 2.22. The maximum absolute atomic E-state index is 12.2. The van der Waals surface area contributed by atoms with Crippen LogP contribution in [0.2, 0.25) is 0 Å². The summed E-state index contributed by atoms with van der Waals surface area (Å²) in [6.45, 7) is 9.54. The van der Waals surface area contributed by atoms with Crippen LogP contribution in [0.15, 0.2) is 0 Å². The second-order valence-corrected chi connectivity index (χ2v) is 4.97. The molecule has 3 heteroatoms. The molecular weight excluding hydrogens is 200 g/mol. The Bertz CT molecular complexity index is 228. The van der Waals surface area contributed by atoms with Crippen molar-refractivity contribution in [2.75, 3.05) is 6.54 Å². The second kappa shape index (κ2) is 5.67. The van der Waals surface area contributed by atoms with Gasteiger partial charge >= 0.3 is 0 Å². The van der Waals surface area contributed by atoms with Crippen molar-refractivity contribution < 1.29 is 4.79 Å². The zero-order valence-corrected chi connectivity index (χ0v) is 11.1. The SMILES string of the molecule is CCC(CC)(CC)NC(=O)C1CCNC1C. The lowest BCUT2D eigenvalue weighted by atomic mass is 9.88. The van der Waals surface area contributed by atoms with Gasteiger partial charge in [-0.15, -0.1) is 0 Å². The van der Waals surface area contributed by atoms with E-state index in [-0.39, 0.29) is 17.4 Å². The van der Waals surface area contributed by atoms with Gasteiger partial charge < -0.3 is 10.6 Å². The highest BCUT2D eigenvalue weighted by atomic mass is 16.2. The quantitative estimate of drug-likeness (QED) is 0.753. The number of nitrogens with one attached hydrogen (secondary N) is 2. The molecule has 3 nitrogen and oxygen atoms in total. The lowest BCUT2D eigenvalue weighted by Gasteiger charge is -2.33. The van der Waals surface area contributed by atoms with Gasteiger partial charge in [-0.1, -0.05) is 20.8 Å². The number of carbonyl (C=O) groups excluding carboxylic acids is 1. The molecule has 2 unspecified atom stereocenters. The molecular formula is C13H26N2O. The Hall–Kier alpha value is -0.570. The monoisotopic (exact) mass is 226 g/mol. The number of carbonyl (C=O) groups is 1. The Balaban J connectivity index is 2.61. The Morgan fingerprint density at radius 1 is 1.31 bits per heavy atom. The van der Waals surface area contributed by atoms with Crippen LogP contribution < -0.4 is 10.6 Å². The third-order valence-electron chi connectivity index (χ3n) is 4.28. The van der Waals surface area contributed by atoms with Crippen LogP contribution in [0.5, 0.6) is 0 Å². The molecule has 0 bridgehead atoms. The largest absolute Gasteiger partial charge is 0.350 e. The van der Waals surface area contributed by atoms with E-state index in [1.807, 2.05) is 0 Å². The average molecular weight is 226 g/mol. The van der Waals surface area contributed by atoms with Gasteiger partial charge in [0.05, 0.1) is 5.92 Å². The summed E-state index contributed by atoms with van der Waals surface area (Å²) in [6.07, 6.45) is 4.01. The average Bonchev–Trinajstić information content (AvgIpc) is 2.72. The number of rotatable bonds is 5. The molecule has 0 aromatic carbocycles. The van der Waals surface area contributed by atoms with E-state index in [0.717, 1.165) is 32.2 Å². The van der Waals surface area contributed by atoms with Gasteiger partial charge in [0.1, 0.15) is 0 Å². The Morgan fingerprint density at radius 2 is 1.88 bits per heavy atom. The number of hydrogen-bond donors (Lipinski definition) is 2. The molecule has 0 spiro atoms. The normalized spacial score (nSPS) is 25.8. The minimum Gasteiger partial charge on any atom is -0.350 e. The number of hydrogen-bond acceptors (Lipinski definition) is 2. The van der Waals surface area contributed by atoms with Crippen LogP contribution in [0.4, 0.5) is 0 Å². The van der Waals surface area contributed by atoms with Crippen molar-refractivity contribution in [1.82, 2.24) is 10.6 Å². The lowest BCUT2D eigenvalue weighted by molar-refractivity contribution is -0.127. The molecule has 1 amide bonds. The molecule has 1 rings (SSSR count). The summed E-state index contributed by atoms with van der Waals surface area (Å²) in [6, 6.07) is 0.322. The van der Waals surface area contributed by atoms with Crippen LogP contribution in [-0.2, 0) is 4.79 Å². The summed E-state index contributed by atoms with van der Waals surface area (Å²) >= 11 is 0. The summed E-state index contributed by atoms with van der Waals surface area (Å²) in [5.74, 6) is 0.395. The Labute approximate surface area is 99.4 Å².